The van der Waals surface area contributed by atoms with Crippen LogP contribution >= 0.6 is 0 Å². The van der Waals surface area contributed by atoms with Crippen molar-refractivity contribution in [1.82, 2.24) is 14.1 Å². The van der Waals surface area contributed by atoms with Crippen LogP contribution in [0.1, 0.15) is 31.7 Å². The maximum Gasteiger partial charge on any atom is 0.243 e. The Morgan fingerprint density at radius 1 is 1.19 bits per heavy atom. The number of aromatic nitrogens is 2. The number of aryl methyl sites for hydroxylation is 1. The molecule has 0 N–H and O–H groups in total. The van der Waals surface area contributed by atoms with Crippen molar-refractivity contribution in [2.45, 2.75) is 43.6 Å². The molecule has 2 aliphatic heterocycles. The maximum atomic E-state index is 13.3. The highest BCUT2D eigenvalue weighted by Crippen LogP contribution is 2.35. The van der Waals surface area contributed by atoms with E-state index >= 15 is 0 Å². The Morgan fingerprint density at radius 3 is 2.63 bits per heavy atom. The van der Waals surface area contributed by atoms with Gasteiger partial charge in [-0.1, -0.05) is 17.7 Å². The van der Waals surface area contributed by atoms with Gasteiger partial charge in [0.15, 0.2) is 0 Å². The van der Waals surface area contributed by atoms with Gasteiger partial charge in [-0.3, -0.25) is 0 Å². The Kier molecular flexibility index (Phi) is 4.70. The Hall–Kier alpha value is -1.96. The first-order chi connectivity index (χ1) is 12.9. The SMILES string of the molecule is CC1=CC2(CCN(S(=O)(=O)c3cc(-n4cccn4)ccc3C)CC2)OCC1. The summed E-state index contributed by atoms with van der Waals surface area (Å²) in [6.07, 6.45) is 8.04. The second kappa shape index (κ2) is 6.89. The minimum atomic E-state index is -3.56. The quantitative estimate of drug-likeness (QED) is 0.760. The summed E-state index contributed by atoms with van der Waals surface area (Å²) < 4.78 is 35.9. The predicted molar refractivity (Wildman–Crippen MR) is 103 cm³/mol. The molecular formula is C20H25N3O3S. The molecule has 1 spiro atoms. The molecule has 2 aromatic rings. The molecule has 0 radical (unpaired) electrons. The molecule has 0 unspecified atom stereocenters. The molecule has 2 aliphatic rings. The number of sulfonamides is 1. The van der Waals surface area contributed by atoms with E-state index in [1.165, 1.54) is 5.57 Å². The van der Waals surface area contributed by atoms with Crippen LogP contribution in [-0.2, 0) is 14.8 Å². The van der Waals surface area contributed by atoms with Crippen LogP contribution in [0.15, 0.2) is 53.2 Å². The second-order valence-corrected chi connectivity index (χ2v) is 9.36. The summed E-state index contributed by atoms with van der Waals surface area (Å²) >= 11 is 0. The summed E-state index contributed by atoms with van der Waals surface area (Å²) in [7, 11) is -3.56. The molecular weight excluding hydrogens is 362 g/mol. The van der Waals surface area contributed by atoms with E-state index in [1.54, 1.807) is 27.4 Å². The van der Waals surface area contributed by atoms with Gasteiger partial charge >= 0.3 is 0 Å². The van der Waals surface area contributed by atoms with Crippen LogP contribution in [0.3, 0.4) is 0 Å². The standard InChI is InChI=1S/C20H25N3O3S/c1-16-6-13-26-20(15-16)7-11-22(12-8-20)27(24,25)19-14-18(5-4-17(19)2)23-10-3-9-21-23/h3-5,9-10,14-15H,6-8,11-13H2,1-2H3. The Morgan fingerprint density at radius 2 is 1.96 bits per heavy atom. The van der Waals surface area contributed by atoms with E-state index in [9.17, 15) is 8.42 Å². The highest BCUT2D eigenvalue weighted by Gasteiger charge is 2.39. The molecule has 0 aliphatic carbocycles. The molecule has 144 valence electrons. The zero-order valence-corrected chi connectivity index (χ0v) is 16.6. The van der Waals surface area contributed by atoms with E-state index in [0.717, 1.165) is 24.3 Å². The first-order valence-corrected chi connectivity index (χ1v) is 10.8. The van der Waals surface area contributed by atoms with Crippen molar-refractivity contribution in [3.05, 3.63) is 53.9 Å². The average molecular weight is 388 g/mol. The maximum absolute atomic E-state index is 13.3. The summed E-state index contributed by atoms with van der Waals surface area (Å²) in [5, 5.41) is 4.20. The number of piperidine rings is 1. The van der Waals surface area contributed by atoms with Crippen molar-refractivity contribution >= 4 is 10.0 Å². The minimum absolute atomic E-state index is 0.291. The molecule has 1 aromatic carbocycles. The average Bonchev–Trinajstić information content (AvgIpc) is 3.17. The number of rotatable bonds is 3. The van der Waals surface area contributed by atoms with Crippen LogP contribution in [-0.4, -0.2) is 47.8 Å². The largest absolute Gasteiger partial charge is 0.370 e. The summed E-state index contributed by atoms with van der Waals surface area (Å²) in [6, 6.07) is 7.25. The number of ether oxygens (including phenoxy) is 1. The van der Waals surface area contributed by atoms with Crippen molar-refractivity contribution in [3.8, 4) is 5.69 Å². The lowest BCUT2D eigenvalue weighted by Crippen LogP contribution is -2.48. The van der Waals surface area contributed by atoms with Gasteiger partial charge in [0.1, 0.15) is 0 Å². The molecule has 1 aromatic heterocycles. The third kappa shape index (κ3) is 3.47. The minimum Gasteiger partial charge on any atom is -0.370 e. The van der Waals surface area contributed by atoms with E-state index < -0.39 is 10.0 Å². The first-order valence-electron chi connectivity index (χ1n) is 9.33. The van der Waals surface area contributed by atoms with Gasteiger partial charge in [-0.25, -0.2) is 13.1 Å². The van der Waals surface area contributed by atoms with E-state index in [0.29, 0.717) is 30.8 Å². The van der Waals surface area contributed by atoms with Crippen LogP contribution in [0.5, 0.6) is 0 Å². The fourth-order valence-electron chi connectivity index (χ4n) is 3.94. The molecule has 0 amide bonds. The van der Waals surface area contributed by atoms with Crippen molar-refractivity contribution in [3.63, 3.8) is 0 Å². The van der Waals surface area contributed by atoms with Gasteiger partial charge in [0.05, 0.1) is 22.8 Å². The third-order valence-corrected chi connectivity index (χ3v) is 7.56. The topological polar surface area (TPSA) is 64.4 Å². The third-order valence-electron chi connectivity index (χ3n) is 5.52. The van der Waals surface area contributed by atoms with Crippen LogP contribution in [0.2, 0.25) is 0 Å². The lowest BCUT2D eigenvalue weighted by molar-refractivity contribution is -0.0462. The highest BCUT2D eigenvalue weighted by molar-refractivity contribution is 7.89. The number of nitrogens with zero attached hydrogens (tertiary/aromatic N) is 3. The lowest BCUT2D eigenvalue weighted by Gasteiger charge is -2.41. The van der Waals surface area contributed by atoms with Crippen LogP contribution < -0.4 is 0 Å². The van der Waals surface area contributed by atoms with Crippen molar-refractivity contribution in [2.24, 2.45) is 0 Å². The van der Waals surface area contributed by atoms with Gasteiger partial charge in [0, 0.05) is 25.5 Å². The normalized spacial score (nSPS) is 20.6. The first kappa shape index (κ1) is 18.4. The van der Waals surface area contributed by atoms with Gasteiger partial charge in [-0.15, -0.1) is 0 Å². The lowest BCUT2D eigenvalue weighted by atomic mass is 9.88. The molecule has 6 nitrogen and oxygen atoms in total. The van der Waals surface area contributed by atoms with Crippen molar-refractivity contribution in [2.75, 3.05) is 19.7 Å². The van der Waals surface area contributed by atoms with Crippen LogP contribution in [0, 0.1) is 6.92 Å². The Labute approximate surface area is 160 Å². The van der Waals surface area contributed by atoms with Crippen LogP contribution in [0.25, 0.3) is 5.69 Å². The smallest absolute Gasteiger partial charge is 0.243 e. The molecule has 7 heteroatoms. The van der Waals surface area contributed by atoms with E-state index in [-0.39, 0.29) is 5.60 Å². The molecule has 1 saturated heterocycles. The molecule has 1 fully saturated rings. The zero-order valence-electron chi connectivity index (χ0n) is 15.8. The molecule has 27 heavy (non-hydrogen) atoms. The summed E-state index contributed by atoms with van der Waals surface area (Å²) in [4.78, 5) is 0.350. The molecule has 0 bridgehead atoms. The van der Waals surface area contributed by atoms with Gasteiger partial charge in [0.2, 0.25) is 10.0 Å². The fraction of sp³-hybridized carbons (Fsp3) is 0.450. The van der Waals surface area contributed by atoms with Gasteiger partial charge in [0.25, 0.3) is 0 Å². The monoisotopic (exact) mass is 387 g/mol. The number of benzene rings is 1. The molecule has 4 rings (SSSR count). The second-order valence-electron chi connectivity index (χ2n) is 7.46. The zero-order chi connectivity index (χ0) is 19.1. The van der Waals surface area contributed by atoms with E-state index in [1.807, 2.05) is 25.1 Å². The van der Waals surface area contributed by atoms with Crippen molar-refractivity contribution in [1.29, 1.82) is 0 Å². The highest BCUT2D eigenvalue weighted by atomic mass is 32.2. The number of hydrogen-bond acceptors (Lipinski definition) is 4. The van der Waals surface area contributed by atoms with Crippen LogP contribution in [0.4, 0.5) is 0 Å². The predicted octanol–water partition coefficient (Wildman–Crippen LogP) is 3.07. The number of hydrogen-bond donors (Lipinski definition) is 0. The van der Waals surface area contributed by atoms with Crippen molar-refractivity contribution < 1.29 is 13.2 Å². The van der Waals surface area contributed by atoms with E-state index in [2.05, 4.69) is 18.1 Å². The fourth-order valence-corrected chi connectivity index (χ4v) is 5.63. The van der Waals surface area contributed by atoms with Gasteiger partial charge in [-0.05, 0) is 56.9 Å². The molecule has 3 heterocycles. The summed E-state index contributed by atoms with van der Waals surface area (Å²) in [5.41, 5.74) is 2.53. The summed E-state index contributed by atoms with van der Waals surface area (Å²) in [6.45, 7) is 5.62. The Bertz CT molecular complexity index is 956. The summed E-state index contributed by atoms with van der Waals surface area (Å²) in [5.74, 6) is 0. The molecule has 0 saturated carbocycles. The van der Waals surface area contributed by atoms with Gasteiger partial charge < -0.3 is 4.74 Å². The van der Waals surface area contributed by atoms with E-state index in [4.69, 9.17) is 4.74 Å². The Balaban J connectivity index is 1.59. The van der Waals surface area contributed by atoms with Gasteiger partial charge in [-0.2, -0.15) is 9.40 Å². The molecule has 0 atom stereocenters.